The summed E-state index contributed by atoms with van der Waals surface area (Å²) in [6.45, 7) is 0. The van der Waals surface area contributed by atoms with E-state index in [2.05, 4.69) is 41.6 Å². The Morgan fingerprint density at radius 2 is 1.19 bits per heavy atom. The molecule has 0 unspecified atom stereocenters. The second-order valence-electron chi connectivity index (χ2n) is 4.97. The van der Waals surface area contributed by atoms with Crippen LogP contribution in [-0.4, -0.2) is 5.16 Å². The Labute approximate surface area is 122 Å². The first-order chi connectivity index (χ1) is 10.4. The van der Waals surface area contributed by atoms with Crippen LogP contribution in [-0.2, 0) is 0 Å². The molecule has 2 heteroatoms. The van der Waals surface area contributed by atoms with Crippen molar-refractivity contribution in [1.82, 2.24) is 5.16 Å². The van der Waals surface area contributed by atoms with E-state index in [1.165, 1.54) is 11.1 Å². The number of fused-ring (bicyclic) bond motifs is 1. The first kappa shape index (κ1) is 11.9. The van der Waals surface area contributed by atoms with Crippen LogP contribution in [0.3, 0.4) is 0 Å². The number of aromatic nitrogens is 1. The Bertz CT molecular complexity index is 876. The third kappa shape index (κ3) is 2.11. The molecule has 4 aromatic rings. The van der Waals surface area contributed by atoms with Crippen LogP contribution in [0.1, 0.15) is 0 Å². The van der Waals surface area contributed by atoms with Gasteiger partial charge in [0.15, 0.2) is 5.58 Å². The van der Waals surface area contributed by atoms with Gasteiger partial charge in [0.1, 0.15) is 5.69 Å². The van der Waals surface area contributed by atoms with Crippen LogP contribution >= 0.6 is 0 Å². The van der Waals surface area contributed by atoms with Crippen molar-refractivity contribution in [3.8, 4) is 22.4 Å². The number of benzene rings is 3. The van der Waals surface area contributed by atoms with Crippen LogP contribution in [0.2, 0.25) is 0 Å². The predicted octanol–water partition coefficient (Wildman–Crippen LogP) is 5.16. The number of para-hydroxylation sites is 1. The molecule has 0 saturated carbocycles. The zero-order chi connectivity index (χ0) is 14.1. The van der Waals surface area contributed by atoms with E-state index in [-0.39, 0.29) is 0 Å². The molecule has 0 atom stereocenters. The molecule has 0 amide bonds. The van der Waals surface area contributed by atoms with E-state index in [1.54, 1.807) is 0 Å². The molecular formula is C19H13NO. The van der Waals surface area contributed by atoms with E-state index >= 15 is 0 Å². The van der Waals surface area contributed by atoms with Gasteiger partial charge in [-0.3, -0.25) is 0 Å². The summed E-state index contributed by atoms with van der Waals surface area (Å²) in [5.74, 6) is 0. The normalized spacial score (nSPS) is 10.9. The number of hydrogen-bond donors (Lipinski definition) is 0. The summed E-state index contributed by atoms with van der Waals surface area (Å²) in [4.78, 5) is 0. The quantitative estimate of drug-likeness (QED) is 0.503. The maximum absolute atomic E-state index is 5.37. The van der Waals surface area contributed by atoms with Crippen molar-refractivity contribution >= 4 is 11.0 Å². The zero-order valence-corrected chi connectivity index (χ0v) is 11.4. The van der Waals surface area contributed by atoms with Gasteiger partial charge in [0.05, 0.1) is 0 Å². The minimum absolute atomic E-state index is 0.819. The molecule has 3 aromatic carbocycles. The van der Waals surface area contributed by atoms with Crippen LogP contribution in [0.5, 0.6) is 0 Å². The first-order valence-electron chi connectivity index (χ1n) is 6.92. The van der Waals surface area contributed by atoms with Gasteiger partial charge in [-0.05, 0) is 23.3 Å². The molecule has 0 spiro atoms. The molecule has 4 rings (SSSR count). The molecule has 0 fully saturated rings. The molecule has 0 aliphatic carbocycles. The topological polar surface area (TPSA) is 26.0 Å². The fourth-order valence-electron chi connectivity index (χ4n) is 2.55. The highest BCUT2D eigenvalue weighted by atomic mass is 16.5. The Morgan fingerprint density at radius 3 is 2.00 bits per heavy atom. The molecular weight excluding hydrogens is 258 g/mol. The average molecular weight is 271 g/mol. The maximum atomic E-state index is 5.37. The lowest BCUT2D eigenvalue weighted by molar-refractivity contribution is 0.459. The van der Waals surface area contributed by atoms with Gasteiger partial charge in [0, 0.05) is 10.9 Å². The lowest BCUT2D eigenvalue weighted by Gasteiger charge is -2.02. The summed E-state index contributed by atoms with van der Waals surface area (Å²) in [6, 6.07) is 26.7. The Morgan fingerprint density at radius 1 is 0.571 bits per heavy atom. The van der Waals surface area contributed by atoms with E-state index < -0.39 is 0 Å². The molecule has 0 bridgehead atoms. The van der Waals surface area contributed by atoms with Crippen LogP contribution in [0.4, 0.5) is 0 Å². The number of hydrogen-bond acceptors (Lipinski definition) is 2. The van der Waals surface area contributed by atoms with Gasteiger partial charge in [0.2, 0.25) is 0 Å². The van der Waals surface area contributed by atoms with Crippen molar-refractivity contribution in [2.75, 3.05) is 0 Å². The van der Waals surface area contributed by atoms with Crippen molar-refractivity contribution < 1.29 is 4.52 Å². The molecule has 0 saturated heterocycles. The molecule has 0 radical (unpaired) electrons. The maximum Gasteiger partial charge on any atom is 0.167 e. The standard InChI is InChI=1S/C19H13NO/c1-2-6-14(7-3-1)15-10-12-16(13-11-15)19-17-8-4-5-9-18(17)21-20-19/h1-13H. The number of rotatable bonds is 2. The predicted molar refractivity (Wildman–Crippen MR) is 84.9 cm³/mol. The Balaban J connectivity index is 1.77. The van der Waals surface area contributed by atoms with Crippen LogP contribution < -0.4 is 0 Å². The lowest BCUT2D eigenvalue weighted by atomic mass is 10.0. The smallest absolute Gasteiger partial charge is 0.167 e. The molecule has 100 valence electrons. The lowest BCUT2D eigenvalue weighted by Crippen LogP contribution is -1.80. The van der Waals surface area contributed by atoms with Gasteiger partial charge in [0.25, 0.3) is 0 Å². The summed E-state index contributed by atoms with van der Waals surface area (Å²) in [5.41, 5.74) is 5.20. The first-order valence-corrected chi connectivity index (χ1v) is 6.92. The van der Waals surface area contributed by atoms with Crippen LogP contribution in [0.25, 0.3) is 33.4 Å². The van der Waals surface area contributed by atoms with Gasteiger partial charge in [-0.25, -0.2) is 0 Å². The molecule has 0 aliphatic heterocycles. The monoisotopic (exact) mass is 271 g/mol. The van der Waals surface area contributed by atoms with Crippen LogP contribution in [0, 0.1) is 0 Å². The van der Waals surface area contributed by atoms with Crippen molar-refractivity contribution in [2.45, 2.75) is 0 Å². The average Bonchev–Trinajstić information content (AvgIpc) is 3.00. The van der Waals surface area contributed by atoms with Gasteiger partial charge < -0.3 is 4.52 Å². The third-order valence-corrected chi connectivity index (χ3v) is 3.64. The summed E-state index contributed by atoms with van der Waals surface area (Å²) >= 11 is 0. The van der Waals surface area contributed by atoms with E-state index in [0.717, 1.165) is 22.2 Å². The Hall–Kier alpha value is -2.87. The summed E-state index contributed by atoms with van der Waals surface area (Å²) < 4.78 is 5.37. The van der Waals surface area contributed by atoms with Gasteiger partial charge in [-0.1, -0.05) is 71.9 Å². The summed E-state index contributed by atoms with van der Waals surface area (Å²) in [7, 11) is 0. The third-order valence-electron chi connectivity index (χ3n) is 3.64. The van der Waals surface area contributed by atoms with Crippen molar-refractivity contribution in [1.29, 1.82) is 0 Å². The summed E-state index contributed by atoms with van der Waals surface area (Å²) in [6.07, 6.45) is 0. The van der Waals surface area contributed by atoms with E-state index in [4.69, 9.17) is 4.52 Å². The SMILES string of the molecule is c1ccc(-c2ccc(-c3noc4ccccc34)cc2)cc1. The molecule has 21 heavy (non-hydrogen) atoms. The van der Waals surface area contributed by atoms with E-state index in [1.807, 2.05) is 42.5 Å². The largest absolute Gasteiger partial charge is 0.356 e. The van der Waals surface area contributed by atoms with Gasteiger partial charge in [-0.2, -0.15) is 0 Å². The van der Waals surface area contributed by atoms with Gasteiger partial charge >= 0.3 is 0 Å². The fourth-order valence-corrected chi connectivity index (χ4v) is 2.55. The minimum atomic E-state index is 0.819. The molecule has 0 aliphatic rings. The summed E-state index contributed by atoms with van der Waals surface area (Å²) in [5, 5.41) is 5.24. The molecule has 2 nitrogen and oxygen atoms in total. The molecule has 1 heterocycles. The second kappa shape index (κ2) is 4.91. The van der Waals surface area contributed by atoms with E-state index in [9.17, 15) is 0 Å². The highest BCUT2D eigenvalue weighted by Gasteiger charge is 2.09. The fraction of sp³-hybridized carbons (Fsp3) is 0. The van der Waals surface area contributed by atoms with Crippen molar-refractivity contribution in [2.24, 2.45) is 0 Å². The zero-order valence-electron chi connectivity index (χ0n) is 11.4. The highest BCUT2D eigenvalue weighted by Crippen LogP contribution is 2.29. The Kier molecular flexibility index (Phi) is 2.79. The second-order valence-corrected chi connectivity index (χ2v) is 4.97. The number of nitrogens with zero attached hydrogens (tertiary/aromatic N) is 1. The minimum Gasteiger partial charge on any atom is -0.356 e. The molecule has 1 aromatic heterocycles. The van der Waals surface area contributed by atoms with Crippen LogP contribution in [0.15, 0.2) is 83.4 Å². The van der Waals surface area contributed by atoms with E-state index in [0.29, 0.717) is 0 Å². The highest BCUT2D eigenvalue weighted by molar-refractivity contribution is 5.91. The molecule has 0 N–H and O–H groups in total. The van der Waals surface area contributed by atoms with Gasteiger partial charge in [-0.15, -0.1) is 0 Å². The van der Waals surface area contributed by atoms with Crippen molar-refractivity contribution in [3.63, 3.8) is 0 Å². The van der Waals surface area contributed by atoms with Crippen molar-refractivity contribution in [3.05, 3.63) is 78.9 Å².